The van der Waals surface area contributed by atoms with Gasteiger partial charge in [-0.2, -0.15) is 0 Å². The molecule has 0 saturated heterocycles. The van der Waals surface area contributed by atoms with Gasteiger partial charge in [0, 0.05) is 37.9 Å². The first-order valence-corrected chi connectivity index (χ1v) is 21.7. The zero-order valence-electron chi connectivity index (χ0n) is 34.7. The number of aliphatic hydroxyl groups excluding tert-OH is 1. The largest absolute Gasteiger partial charge is 0.504 e. The molecule has 11 heteroatoms. The van der Waals surface area contributed by atoms with Crippen LogP contribution in [0.1, 0.15) is 120 Å². The van der Waals surface area contributed by atoms with E-state index in [1.165, 1.54) is 7.11 Å². The number of allylic oxidation sites excluding steroid dienone is 2. The second kappa shape index (κ2) is 18.4. The summed E-state index contributed by atoms with van der Waals surface area (Å²) < 4.78 is 18.5. The molecule has 7 rings (SSSR count). The fraction of sp³-hybridized carbons (Fsp3) is 0.617. The molecule has 0 amide bonds. The summed E-state index contributed by atoms with van der Waals surface area (Å²) in [4.78, 5) is 19.1. The Kier molecular flexibility index (Phi) is 13.3. The summed E-state index contributed by atoms with van der Waals surface area (Å²) in [5.74, 6) is 4.96. The molecule has 4 aliphatic carbocycles. The van der Waals surface area contributed by atoms with E-state index < -0.39 is 17.3 Å². The summed E-state index contributed by atoms with van der Waals surface area (Å²) in [6, 6.07) is 12.5. The van der Waals surface area contributed by atoms with Crippen molar-refractivity contribution in [3.8, 4) is 35.0 Å². The van der Waals surface area contributed by atoms with Crippen LogP contribution < -0.4 is 25.4 Å². The molecule has 5 unspecified atom stereocenters. The Labute approximate surface area is 344 Å². The number of anilines is 1. The van der Waals surface area contributed by atoms with Crippen molar-refractivity contribution in [2.75, 3.05) is 33.1 Å². The summed E-state index contributed by atoms with van der Waals surface area (Å²) in [6.07, 6.45) is 18.9. The number of hydrogen-bond donors (Lipinski definition) is 6. The van der Waals surface area contributed by atoms with Crippen LogP contribution in [0.4, 0.5) is 5.69 Å². The number of aliphatic hydroxyl groups is 1. The van der Waals surface area contributed by atoms with Gasteiger partial charge < -0.3 is 40.2 Å². The Balaban J connectivity index is 1.21. The molecule has 1 aliphatic heterocycles. The number of nitrogens with one attached hydrogen (secondary N) is 3. The molecule has 5 aliphatic rings. The molecular weight excluding hydrogens is 733 g/mol. The zero-order valence-corrected chi connectivity index (χ0v) is 34.7. The Hall–Kier alpha value is -4.24. The fourth-order valence-corrected chi connectivity index (χ4v) is 11.0. The van der Waals surface area contributed by atoms with E-state index in [0.29, 0.717) is 55.4 Å². The number of fused-ring (bicyclic) bond motifs is 4. The fourth-order valence-electron chi connectivity index (χ4n) is 11.0. The Morgan fingerprint density at radius 2 is 1.81 bits per heavy atom. The van der Waals surface area contributed by atoms with Gasteiger partial charge in [-0.25, -0.2) is 0 Å². The number of ketones is 1. The summed E-state index contributed by atoms with van der Waals surface area (Å²) in [7, 11) is 5.14. The van der Waals surface area contributed by atoms with E-state index >= 15 is 0 Å². The molecule has 2 bridgehead atoms. The quantitative estimate of drug-likeness (QED) is 0.0761. The molecule has 11 nitrogen and oxygen atoms in total. The van der Waals surface area contributed by atoms with Crippen LogP contribution in [0.5, 0.6) is 23.0 Å². The number of likely N-dealkylation sites (N-methyl/N-ethyl adjacent to an activating group) is 1. The molecule has 0 radical (unpaired) electrons. The van der Waals surface area contributed by atoms with E-state index in [0.717, 1.165) is 101 Å². The summed E-state index contributed by atoms with van der Waals surface area (Å²) in [5, 5.41) is 43.0. The van der Waals surface area contributed by atoms with Crippen LogP contribution in [-0.2, 0) is 21.4 Å². The number of rotatable bonds is 11. The molecule has 0 aromatic heterocycles. The SMILES string of the molecule is CN=C1NC#CCC2CCCC2(Cc2ccc(O)c(OC)c2)C(=O)C=CCC2(CCCC2)c2cc(c(O)c(OC3(CNC)CCC(CC(O)OC4CCCC4)C3)c2)N1. The maximum Gasteiger partial charge on any atom is 0.207 e. The Bertz CT molecular complexity index is 1890. The lowest BCUT2D eigenvalue weighted by Gasteiger charge is -2.34. The highest BCUT2D eigenvalue weighted by atomic mass is 16.6. The highest BCUT2D eigenvalue weighted by Gasteiger charge is 2.48. The summed E-state index contributed by atoms with van der Waals surface area (Å²) >= 11 is 0. The number of benzene rings is 2. The smallest absolute Gasteiger partial charge is 0.207 e. The topological polar surface area (TPSA) is 154 Å². The van der Waals surface area contributed by atoms with Crippen molar-refractivity contribution >= 4 is 17.4 Å². The van der Waals surface area contributed by atoms with Crippen LogP contribution in [0.15, 0.2) is 47.5 Å². The van der Waals surface area contributed by atoms with Crippen molar-refractivity contribution < 1.29 is 34.3 Å². The third-order valence-electron chi connectivity index (χ3n) is 14.0. The number of carbonyl (C=O) groups is 1. The lowest BCUT2D eigenvalue weighted by molar-refractivity contribution is -0.143. The molecular formula is C47H64N4O7. The van der Waals surface area contributed by atoms with Gasteiger partial charge in [0.1, 0.15) is 5.60 Å². The molecule has 314 valence electrons. The first-order valence-electron chi connectivity index (χ1n) is 21.7. The van der Waals surface area contributed by atoms with E-state index in [2.05, 4.69) is 39.0 Å². The number of phenolic OH excluding ortho intramolecular Hbond substituents is 2. The van der Waals surface area contributed by atoms with Crippen molar-refractivity contribution in [3.63, 3.8) is 0 Å². The van der Waals surface area contributed by atoms with Crippen LogP contribution in [0.2, 0.25) is 0 Å². The van der Waals surface area contributed by atoms with Gasteiger partial charge in [-0.1, -0.05) is 50.2 Å². The van der Waals surface area contributed by atoms with Crippen LogP contribution in [0.3, 0.4) is 0 Å². The highest BCUT2D eigenvalue weighted by molar-refractivity contribution is 5.97. The summed E-state index contributed by atoms with van der Waals surface area (Å²) in [6.45, 7) is 0.587. The average molecular weight is 797 g/mol. The molecule has 2 aromatic rings. The zero-order chi connectivity index (χ0) is 40.8. The lowest BCUT2D eigenvalue weighted by Crippen LogP contribution is -2.43. The third kappa shape index (κ3) is 9.15. The van der Waals surface area contributed by atoms with Crippen LogP contribution >= 0.6 is 0 Å². The van der Waals surface area contributed by atoms with E-state index in [1.54, 1.807) is 13.1 Å². The predicted molar refractivity (Wildman–Crippen MR) is 226 cm³/mol. The number of nitrogens with zero attached hydrogens (tertiary/aromatic N) is 1. The monoisotopic (exact) mass is 796 g/mol. The van der Waals surface area contributed by atoms with Gasteiger partial charge in [-0.15, -0.1) is 0 Å². The van der Waals surface area contributed by atoms with Gasteiger partial charge in [0.2, 0.25) is 5.96 Å². The standard InChI is InChI=1S/C47H64N4O7/c1-48-31-46(23-18-33(29-46)26-42(54)57-36-13-4-5-14-36)58-40-28-35-27-37(43(40)55)51-44(49-2)50-24-10-12-34-11-8-22-47(34,30-32-16-17-38(52)39(25-32)56-3)41(53)15-9-21-45(35)19-6-7-20-45/h9,15-17,25,27-28,33-34,36,42,48,52,54-55H,4-8,11-14,18-23,26,29-31H2,1-3H3,(H2,49,50,51). The highest BCUT2D eigenvalue weighted by Crippen LogP contribution is 2.52. The molecule has 1 heterocycles. The van der Waals surface area contributed by atoms with Gasteiger partial charge in [0.05, 0.1) is 18.9 Å². The van der Waals surface area contributed by atoms with Crippen molar-refractivity contribution in [3.05, 3.63) is 53.6 Å². The van der Waals surface area contributed by atoms with E-state index in [-0.39, 0.29) is 40.6 Å². The van der Waals surface area contributed by atoms with Crippen LogP contribution in [0, 0.1) is 29.2 Å². The number of aliphatic imine (C=N–C) groups is 1. The van der Waals surface area contributed by atoms with Crippen molar-refractivity contribution in [2.24, 2.45) is 22.2 Å². The number of hydrogen-bond acceptors (Lipinski definition) is 9. The summed E-state index contributed by atoms with van der Waals surface area (Å²) in [5.41, 5.74) is 0.974. The maximum absolute atomic E-state index is 14.6. The number of phenols is 2. The molecule has 58 heavy (non-hydrogen) atoms. The average Bonchev–Trinajstić information content (AvgIpc) is 4.04. The molecule has 2 aromatic carbocycles. The molecule has 5 atom stereocenters. The van der Waals surface area contributed by atoms with Gasteiger partial charge in [0.15, 0.2) is 35.1 Å². The molecule has 6 N–H and O–H groups in total. The number of aromatic hydroxyl groups is 2. The van der Waals surface area contributed by atoms with Gasteiger partial charge in [-0.05, 0) is 136 Å². The van der Waals surface area contributed by atoms with Crippen molar-refractivity contribution in [1.29, 1.82) is 0 Å². The van der Waals surface area contributed by atoms with Crippen LogP contribution in [-0.4, -0.2) is 72.8 Å². The Morgan fingerprint density at radius 3 is 2.57 bits per heavy atom. The number of carbonyl (C=O) groups excluding carboxylic acids is 1. The second-order valence-corrected chi connectivity index (χ2v) is 17.7. The van der Waals surface area contributed by atoms with E-state index in [4.69, 9.17) is 14.2 Å². The van der Waals surface area contributed by atoms with Crippen LogP contribution in [0.25, 0.3) is 0 Å². The maximum atomic E-state index is 14.6. The van der Waals surface area contributed by atoms with Gasteiger partial charge in [-0.3, -0.25) is 15.1 Å². The van der Waals surface area contributed by atoms with Gasteiger partial charge >= 0.3 is 0 Å². The van der Waals surface area contributed by atoms with Crippen molar-refractivity contribution in [2.45, 2.75) is 139 Å². The molecule has 4 fully saturated rings. The minimum absolute atomic E-state index is 0.00442. The molecule has 1 spiro atoms. The minimum atomic E-state index is -0.790. The first-order chi connectivity index (χ1) is 28.1. The number of ether oxygens (including phenoxy) is 3. The Morgan fingerprint density at radius 1 is 1.00 bits per heavy atom. The molecule has 4 saturated carbocycles. The first kappa shape index (κ1) is 41.9. The van der Waals surface area contributed by atoms with E-state index in [1.807, 2.05) is 37.4 Å². The third-order valence-corrected chi connectivity index (χ3v) is 14.0. The normalized spacial score (nSPS) is 28.5. The lowest BCUT2D eigenvalue weighted by atomic mass is 9.68. The predicted octanol–water partition coefficient (Wildman–Crippen LogP) is 7.62. The van der Waals surface area contributed by atoms with E-state index in [9.17, 15) is 20.1 Å². The second-order valence-electron chi connectivity index (χ2n) is 17.7. The number of methoxy groups -OCH3 is 1. The van der Waals surface area contributed by atoms with Gasteiger partial charge in [0.25, 0.3) is 0 Å². The van der Waals surface area contributed by atoms with Crippen molar-refractivity contribution in [1.82, 2.24) is 10.6 Å². The minimum Gasteiger partial charge on any atom is -0.504 e. The number of guanidine groups is 1.